The Morgan fingerprint density at radius 1 is 1.14 bits per heavy atom. The van der Waals surface area contributed by atoms with E-state index < -0.39 is 27.4 Å². The van der Waals surface area contributed by atoms with Gasteiger partial charge in [-0.05, 0) is 51.2 Å². The highest BCUT2D eigenvalue weighted by molar-refractivity contribution is 8.02. The van der Waals surface area contributed by atoms with E-state index in [-0.39, 0.29) is 24.4 Å². The van der Waals surface area contributed by atoms with Crippen molar-refractivity contribution in [2.24, 2.45) is 11.8 Å². The Labute approximate surface area is 226 Å². The van der Waals surface area contributed by atoms with Gasteiger partial charge in [-0.2, -0.15) is 0 Å². The zero-order valence-electron chi connectivity index (χ0n) is 21.2. The van der Waals surface area contributed by atoms with Gasteiger partial charge in [-0.3, -0.25) is 14.4 Å². The molecule has 4 aliphatic heterocycles. The number of aryl methyl sites for hydroxylation is 1. The first kappa shape index (κ1) is 26.3. The molecule has 0 aromatic heterocycles. The fourth-order valence-corrected chi connectivity index (χ4v) is 8.91. The predicted molar refractivity (Wildman–Crippen MR) is 145 cm³/mol. The van der Waals surface area contributed by atoms with Crippen LogP contribution in [-0.4, -0.2) is 69.6 Å². The highest BCUT2D eigenvalue weighted by Crippen LogP contribution is 2.65. The number of amides is 2. The summed E-state index contributed by atoms with van der Waals surface area (Å²) in [7, 11) is 0. The number of carbonyl (C=O) groups is 3. The first-order chi connectivity index (χ1) is 17.7. The van der Waals surface area contributed by atoms with E-state index in [1.807, 2.05) is 44.2 Å². The van der Waals surface area contributed by atoms with E-state index >= 15 is 0 Å². The SMILES string of the molecule is Cc1cccc(Cl)c1N1CC=C[C@]23S[C@]4(C)/C=C\CCCOC(=O)[C@@H]4[C@H]2C(=O)N(CCCCO)C3C1=O. The number of cyclic esters (lactones) is 1. The van der Waals surface area contributed by atoms with Crippen LogP contribution in [0.15, 0.2) is 42.5 Å². The van der Waals surface area contributed by atoms with Gasteiger partial charge in [0, 0.05) is 24.4 Å². The molecule has 0 bridgehead atoms. The molecule has 0 radical (unpaired) electrons. The fraction of sp³-hybridized carbons (Fsp3) is 0.536. The van der Waals surface area contributed by atoms with Gasteiger partial charge in [0.15, 0.2) is 0 Å². The molecule has 5 rings (SSSR count). The van der Waals surface area contributed by atoms with Crippen molar-refractivity contribution in [3.8, 4) is 0 Å². The quantitative estimate of drug-likeness (QED) is 0.344. The number of anilines is 1. The van der Waals surface area contributed by atoms with Gasteiger partial charge in [-0.15, -0.1) is 11.8 Å². The number of likely N-dealkylation sites (tertiary alicyclic amines) is 1. The molecule has 198 valence electrons. The third kappa shape index (κ3) is 4.21. The van der Waals surface area contributed by atoms with E-state index in [4.69, 9.17) is 16.3 Å². The second kappa shape index (κ2) is 10.1. The van der Waals surface area contributed by atoms with E-state index in [9.17, 15) is 19.5 Å². The number of carbonyl (C=O) groups excluding carboxylic acids is 3. The number of esters is 1. The van der Waals surface area contributed by atoms with Gasteiger partial charge in [-0.25, -0.2) is 0 Å². The third-order valence-corrected chi connectivity index (χ3v) is 10.1. The van der Waals surface area contributed by atoms with E-state index in [0.717, 1.165) is 18.4 Å². The lowest BCUT2D eigenvalue weighted by Crippen LogP contribution is -2.53. The van der Waals surface area contributed by atoms with Crippen LogP contribution >= 0.6 is 23.4 Å². The van der Waals surface area contributed by atoms with Crippen molar-refractivity contribution >= 4 is 46.8 Å². The topological polar surface area (TPSA) is 87.2 Å². The molecule has 2 saturated heterocycles. The van der Waals surface area contributed by atoms with E-state index in [0.29, 0.717) is 43.2 Å². The molecule has 4 aliphatic rings. The number of thioether (sulfide) groups is 1. The van der Waals surface area contributed by atoms with Crippen LogP contribution in [0.25, 0.3) is 0 Å². The summed E-state index contributed by atoms with van der Waals surface area (Å²) in [6, 6.07) is 4.72. The lowest BCUT2D eigenvalue weighted by Gasteiger charge is -2.37. The Kier molecular flexibility index (Phi) is 7.20. The molecular formula is C28H33ClN2O5S. The molecule has 0 aliphatic carbocycles. The van der Waals surface area contributed by atoms with E-state index in [1.54, 1.807) is 15.9 Å². The van der Waals surface area contributed by atoms with Crippen LogP contribution in [0.2, 0.25) is 5.02 Å². The Balaban J connectivity index is 1.65. The minimum Gasteiger partial charge on any atom is -0.465 e. The van der Waals surface area contributed by atoms with Crippen LogP contribution in [0.3, 0.4) is 0 Å². The largest absolute Gasteiger partial charge is 0.465 e. The molecule has 9 heteroatoms. The average molecular weight is 545 g/mol. The zero-order valence-corrected chi connectivity index (χ0v) is 22.8. The molecular weight excluding hydrogens is 512 g/mol. The van der Waals surface area contributed by atoms with Crippen LogP contribution < -0.4 is 4.90 Å². The van der Waals surface area contributed by atoms with Crippen molar-refractivity contribution in [2.75, 3.05) is 31.2 Å². The van der Waals surface area contributed by atoms with Gasteiger partial charge in [0.25, 0.3) is 5.91 Å². The number of allylic oxidation sites excluding steroid dienone is 1. The monoisotopic (exact) mass is 544 g/mol. The fourth-order valence-electron chi connectivity index (χ4n) is 6.43. The lowest BCUT2D eigenvalue weighted by molar-refractivity contribution is -0.154. The van der Waals surface area contributed by atoms with Crippen molar-refractivity contribution in [3.63, 3.8) is 0 Å². The summed E-state index contributed by atoms with van der Waals surface area (Å²) in [6.45, 7) is 4.86. The number of benzene rings is 1. The number of ether oxygens (including phenoxy) is 1. The maximum atomic E-state index is 14.5. The molecule has 37 heavy (non-hydrogen) atoms. The maximum absolute atomic E-state index is 14.5. The van der Waals surface area contributed by atoms with Crippen molar-refractivity contribution in [1.82, 2.24) is 4.90 Å². The number of aliphatic hydroxyl groups is 1. The van der Waals surface area contributed by atoms with Crippen LogP contribution in [0.4, 0.5) is 5.69 Å². The van der Waals surface area contributed by atoms with Crippen molar-refractivity contribution in [3.05, 3.63) is 53.1 Å². The number of hydrogen-bond acceptors (Lipinski definition) is 6. The van der Waals surface area contributed by atoms with Crippen LogP contribution in [0, 0.1) is 18.8 Å². The predicted octanol–water partition coefficient (Wildman–Crippen LogP) is 3.90. The van der Waals surface area contributed by atoms with Crippen LogP contribution in [0.1, 0.15) is 38.2 Å². The highest BCUT2D eigenvalue weighted by atomic mass is 35.5. The lowest BCUT2D eigenvalue weighted by atomic mass is 9.74. The Morgan fingerprint density at radius 3 is 2.70 bits per heavy atom. The Hall–Kier alpha value is -2.29. The number of aliphatic hydroxyl groups excluding tert-OH is 1. The zero-order chi connectivity index (χ0) is 26.4. The van der Waals surface area contributed by atoms with Crippen molar-refractivity contribution in [1.29, 1.82) is 0 Å². The van der Waals surface area contributed by atoms with Gasteiger partial charge in [0.1, 0.15) is 6.04 Å². The number of unbranched alkanes of at least 4 members (excludes halogenated alkanes) is 1. The highest BCUT2D eigenvalue weighted by Gasteiger charge is 2.73. The number of halogens is 1. The molecule has 0 saturated carbocycles. The number of fused-ring (bicyclic) bond motifs is 2. The number of hydrogen-bond donors (Lipinski definition) is 1. The van der Waals surface area contributed by atoms with E-state index in [1.165, 1.54) is 11.8 Å². The summed E-state index contributed by atoms with van der Waals surface area (Å²) < 4.78 is 4.03. The average Bonchev–Trinajstić information content (AvgIpc) is 3.20. The summed E-state index contributed by atoms with van der Waals surface area (Å²) in [5, 5.41) is 9.85. The summed E-state index contributed by atoms with van der Waals surface area (Å²) in [4.78, 5) is 45.5. The van der Waals surface area contributed by atoms with Crippen LogP contribution in [0.5, 0.6) is 0 Å². The molecule has 1 aromatic carbocycles. The molecule has 1 unspecified atom stereocenters. The van der Waals surface area contributed by atoms with Crippen LogP contribution in [-0.2, 0) is 19.1 Å². The Morgan fingerprint density at radius 2 is 1.95 bits per heavy atom. The second-order valence-corrected chi connectivity index (χ2v) is 12.6. The molecule has 7 nitrogen and oxygen atoms in total. The van der Waals surface area contributed by atoms with Crippen molar-refractivity contribution < 1.29 is 24.2 Å². The molecule has 1 N–H and O–H groups in total. The number of para-hydroxylation sites is 1. The van der Waals surface area contributed by atoms with Gasteiger partial charge in [0.2, 0.25) is 5.91 Å². The second-order valence-electron chi connectivity index (χ2n) is 10.4. The summed E-state index contributed by atoms with van der Waals surface area (Å²) in [5.74, 6) is -2.23. The summed E-state index contributed by atoms with van der Waals surface area (Å²) >= 11 is 8.13. The van der Waals surface area contributed by atoms with Gasteiger partial charge >= 0.3 is 5.97 Å². The first-order valence-electron chi connectivity index (χ1n) is 13.0. The smallest absolute Gasteiger partial charge is 0.311 e. The maximum Gasteiger partial charge on any atom is 0.311 e. The minimum atomic E-state index is -0.931. The van der Waals surface area contributed by atoms with Gasteiger partial charge < -0.3 is 19.6 Å². The first-order valence-corrected chi connectivity index (χ1v) is 14.1. The molecule has 4 heterocycles. The van der Waals surface area contributed by atoms with Gasteiger partial charge in [-0.1, -0.05) is 48.0 Å². The normalized spacial score (nSPS) is 34.2. The minimum absolute atomic E-state index is 0.00657. The third-order valence-electron chi connectivity index (χ3n) is 8.02. The Bertz CT molecular complexity index is 1150. The number of rotatable bonds is 5. The standard InChI is InChI=1S/C28H33ClN2O5S/c1-18-10-8-11-19(29)22(18)30-15-9-13-28-20(24(33)31(14-5-6-16-32)23(28)25(30)34)21-26(35)36-17-7-3-4-12-27(21,2)37-28/h4,8-13,20-21,23,32H,3,5-7,14-17H2,1-2H3/b12-4-/t20-,21-,23?,27+,28-/m0/s1. The summed E-state index contributed by atoms with van der Waals surface area (Å²) in [5.41, 5.74) is 1.51. The molecule has 1 spiro atoms. The molecule has 1 aromatic rings. The molecule has 5 atom stereocenters. The summed E-state index contributed by atoms with van der Waals surface area (Å²) in [6.07, 6.45) is 10.6. The number of nitrogens with zero attached hydrogens (tertiary/aromatic N) is 2. The molecule has 2 amide bonds. The molecule has 2 fully saturated rings. The van der Waals surface area contributed by atoms with E-state index in [2.05, 4.69) is 6.08 Å². The van der Waals surface area contributed by atoms with Gasteiger partial charge in [0.05, 0.1) is 33.9 Å². The van der Waals surface area contributed by atoms with Crippen molar-refractivity contribution in [2.45, 2.75) is 55.1 Å².